The van der Waals surface area contributed by atoms with Gasteiger partial charge in [0, 0.05) is 31.2 Å². The van der Waals surface area contributed by atoms with Gasteiger partial charge in [0.15, 0.2) is 0 Å². The van der Waals surface area contributed by atoms with Gasteiger partial charge in [-0.2, -0.15) is 0 Å². The lowest BCUT2D eigenvalue weighted by atomic mass is 10.0. The molecule has 1 rings (SSSR count). The maximum Gasteiger partial charge on any atom is 0.0221 e. The average Bonchev–Trinajstić information content (AvgIpc) is 2.35. The van der Waals surface area contributed by atoms with Crippen molar-refractivity contribution in [2.24, 2.45) is 0 Å². The van der Waals surface area contributed by atoms with Crippen molar-refractivity contribution in [1.82, 2.24) is 10.2 Å². The second kappa shape index (κ2) is 7.29. The monoisotopic (exact) mass is 226 g/mol. The molecule has 0 saturated carbocycles. The summed E-state index contributed by atoms with van der Waals surface area (Å²) in [5, 5.41) is 3.67. The molecule has 0 aromatic rings. The summed E-state index contributed by atoms with van der Waals surface area (Å²) < 4.78 is 0. The van der Waals surface area contributed by atoms with Crippen LogP contribution in [0.15, 0.2) is 0 Å². The maximum absolute atomic E-state index is 3.67. The van der Waals surface area contributed by atoms with Crippen LogP contribution < -0.4 is 5.32 Å². The molecule has 1 aliphatic rings. The van der Waals surface area contributed by atoms with Crippen LogP contribution in [0.4, 0.5) is 0 Å². The molecule has 1 heterocycles. The zero-order chi connectivity index (χ0) is 12.0. The molecule has 2 heteroatoms. The molecule has 0 amide bonds. The first-order valence-corrected chi connectivity index (χ1v) is 7.21. The Morgan fingerprint density at radius 2 is 2.00 bits per heavy atom. The van der Waals surface area contributed by atoms with Crippen LogP contribution in [-0.2, 0) is 0 Å². The Labute approximate surface area is 102 Å². The Bertz CT molecular complexity index is 182. The van der Waals surface area contributed by atoms with Crippen LogP contribution in [0.1, 0.15) is 59.8 Å². The number of hydrogen-bond donors (Lipinski definition) is 1. The Hall–Kier alpha value is -0.0800. The SMILES string of the molecule is CCCCC(C)N1CC(CC)NCC1CC. The molecule has 0 aromatic heterocycles. The molecule has 0 radical (unpaired) electrons. The smallest absolute Gasteiger partial charge is 0.0221 e. The quantitative estimate of drug-likeness (QED) is 0.749. The van der Waals surface area contributed by atoms with Crippen molar-refractivity contribution < 1.29 is 0 Å². The van der Waals surface area contributed by atoms with E-state index in [0.717, 1.165) is 12.1 Å². The largest absolute Gasteiger partial charge is 0.311 e. The van der Waals surface area contributed by atoms with Crippen molar-refractivity contribution in [3.8, 4) is 0 Å². The fourth-order valence-corrected chi connectivity index (χ4v) is 2.75. The number of hydrogen-bond acceptors (Lipinski definition) is 2. The maximum atomic E-state index is 3.67. The van der Waals surface area contributed by atoms with Crippen LogP contribution in [0.5, 0.6) is 0 Å². The summed E-state index contributed by atoms with van der Waals surface area (Å²) in [7, 11) is 0. The third-order valence-electron chi connectivity index (χ3n) is 4.05. The fraction of sp³-hybridized carbons (Fsp3) is 1.00. The molecule has 2 nitrogen and oxygen atoms in total. The molecule has 3 atom stereocenters. The minimum atomic E-state index is 0.715. The van der Waals surface area contributed by atoms with Crippen LogP contribution in [0.3, 0.4) is 0 Å². The van der Waals surface area contributed by atoms with E-state index in [9.17, 15) is 0 Å². The topological polar surface area (TPSA) is 15.3 Å². The number of piperazine rings is 1. The first-order valence-electron chi connectivity index (χ1n) is 7.21. The third kappa shape index (κ3) is 3.74. The molecule has 1 fully saturated rings. The third-order valence-corrected chi connectivity index (χ3v) is 4.05. The molecule has 16 heavy (non-hydrogen) atoms. The molecule has 1 N–H and O–H groups in total. The van der Waals surface area contributed by atoms with Crippen molar-refractivity contribution in [2.75, 3.05) is 13.1 Å². The number of nitrogens with zero attached hydrogens (tertiary/aromatic N) is 1. The Morgan fingerprint density at radius 3 is 2.56 bits per heavy atom. The standard InChI is InChI=1S/C14H30N2/c1-5-8-9-12(4)16-11-13(6-2)15-10-14(16)7-3/h12-15H,5-11H2,1-4H3. The summed E-state index contributed by atoms with van der Waals surface area (Å²) in [6.07, 6.45) is 6.60. The lowest BCUT2D eigenvalue weighted by Gasteiger charge is -2.43. The molecule has 0 bridgehead atoms. The van der Waals surface area contributed by atoms with Gasteiger partial charge < -0.3 is 5.32 Å². The van der Waals surface area contributed by atoms with Crippen molar-refractivity contribution in [2.45, 2.75) is 77.9 Å². The number of rotatable bonds is 6. The first-order chi connectivity index (χ1) is 7.72. The lowest BCUT2D eigenvalue weighted by molar-refractivity contribution is 0.0801. The predicted octanol–water partition coefficient (Wildman–Crippen LogP) is 3.03. The zero-order valence-corrected chi connectivity index (χ0v) is 11.6. The zero-order valence-electron chi connectivity index (χ0n) is 11.6. The summed E-state index contributed by atoms with van der Waals surface area (Å²) >= 11 is 0. The molecule has 3 unspecified atom stereocenters. The van der Waals surface area contributed by atoms with Gasteiger partial charge in [-0.1, -0.05) is 33.6 Å². The van der Waals surface area contributed by atoms with Gasteiger partial charge in [0.1, 0.15) is 0 Å². The van der Waals surface area contributed by atoms with Crippen LogP contribution in [0.2, 0.25) is 0 Å². The van der Waals surface area contributed by atoms with E-state index in [4.69, 9.17) is 0 Å². The van der Waals surface area contributed by atoms with Crippen molar-refractivity contribution >= 4 is 0 Å². The fourth-order valence-electron chi connectivity index (χ4n) is 2.75. The molecule has 0 spiro atoms. The normalized spacial score (nSPS) is 29.2. The Kier molecular flexibility index (Phi) is 6.37. The highest BCUT2D eigenvalue weighted by atomic mass is 15.2. The van der Waals surface area contributed by atoms with E-state index in [1.54, 1.807) is 0 Å². The summed E-state index contributed by atoms with van der Waals surface area (Å²) in [5.41, 5.74) is 0. The van der Waals surface area contributed by atoms with Gasteiger partial charge in [-0.15, -0.1) is 0 Å². The van der Waals surface area contributed by atoms with Crippen LogP contribution in [-0.4, -0.2) is 36.1 Å². The molecule has 96 valence electrons. The summed E-state index contributed by atoms with van der Waals surface area (Å²) in [4.78, 5) is 2.75. The van der Waals surface area contributed by atoms with Crippen LogP contribution in [0.25, 0.3) is 0 Å². The van der Waals surface area contributed by atoms with Gasteiger partial charge in [0.25, 0.3) is 0 Å². The molecule has 0 aliphatic carbocycles. The number of unbranched alkanes of at least 4 members (excludes halogenated alkanes) is 1. The van der Waals surface area contributed by atoms with Gasteiger partial charge in [0.05, 0.1) is 0 Å². The van der Waals surface area contributed by atoms with E-state index in [-0.39, 0.29) is 0 Å². The highest BCUT2D eigenvalue weighted by molar-refractivity contribution is 4.87. The second-order valence-corrected chi connectivity index (χ2v) is 5.26. The van der Waals surface area contributed by atoms with E-state index in [2.05, 4.69) is 37.9 Å². The van der Waals surface area contributed by atoms with Gasteiger partial charge in [-0.05, 0) is 26.2 Å². The van der Waals surface area contributed by atoms with E-state index in [1.165, 1.54) is 45.2 Å². The minimum Gasteiger partial charge on any atom is -0.311 e. The Balaban J connectivity index is 2.49. The second-order valence-electron chi connectivity index (χ2n) is 5.26. The minimum absolute atomic E-state index is 0.715. The Morgan fingerprint density at radius 1 is 1.25 bits per heavy atom. The van der Waals surface area contributed by atoms with E-state index < -0.39 is 0 Å². The van der Waals surface area contributed by atoms with Gasteiger partial charge in [-0.25, -0.2) is 0 Å². The van der Waals surface area contributed by atoms with Gasteiger partial charge >= 0.3 is 0 Å². The summed E-state index contributed by atoms with van der Waals surface area (Å²) in [6, 6.07) is 2.24. The highest BCUT2D eigenvalue weighted by Crippen LogP contribution is 2.18. The number of nitrogens with one attached hydrogen (secondary N) is 1. The molecule has 1 aliphatic heterocycles. The van der Waals surface area contributed by atoms with Gasteiger partial charge in [-0.3, -0.25) is 4.90 Å². The molecule has 0 aromatic carbocycles. The van der Waals surface area contributed by atoms with Crippen molar-refractivity contribution in [3.05, 3.63) is 0 Å². The molecular formula is C14H30N2. The first kappa shape index (κ1) is 14.0. The predicted molar refractivity (Wildman–Crippen MR) is 71.9 cm³/mol. The van der Waals surface area contributed by atoms with Crippen molar-refractivity contribution in [3.63, 3.8) is 0 Å². The summed E-state index contributed by atoms with van der Waals surface area (Å²) in [6.45, 7) is 11.7. The van der Waals surface area contributed by atoms with Crippen LogP contribution >= 0.6 is 0 Å². The van der Waals surface area contributed by atoms with E-state index in [0.29, 0.717) is 6.04 Å². The van der Waals surface area contributed by atoms with Crippen LogP contribution in [0, 0.1) is 0 Å². The lowest BCUT2D eigenvalue weighted by Crippen LogP contribution is -2.58. The van der Waals surface area contributed by atoms with Gasteiger partial charge in [0.2, 0.25) is 0 Å². The van der Waals surface area contributed by atoms with E-state index >= 15 is 0 Å². The van der Waals surface area contributed by atoms with Crippen molar-refractivity contribution in [1.29, 1.82) is 0 Å². The highest BCUT2D eigenvalue weighted by Gasteiger charge is 2.28. The summed E-state index contributed by atoms with van der Waals surface area (Å²) in [5.74, 6) is 0. The molecule has 1 saturated heterocycles. The van der Waals surface area contributed by atoms with E-state index in [1.807, 2.05) is 0 Å². The molecular weight excluding hydrogens is 196 g/mol. The average molecular weight is 226 g/mol.